The number of halogens is 2. The molecule has 0 bridgehead atoms. The summed E-state index contributed by atoms with van der Waals surface area (Å²) in [5.74, 6) is -0.330. The minimum atomic E-state index is -0.249. The molecule has 0 aromatic heterocycles. The largest absolute Gasteiger partial charge is 0.352 e. The van der Waals surface area contributed by atoms with Gasteiger partial charge in [-0.1, -0.05) is 19.1 Å². The van der Waals surface area contributed by atoms with Crippen LogP contribution in [0.1, 0.15) is 25.3 Å². The summed E-state index contributed by atoms with van der Waals surface area (Å²) in [6.07, 6.45) is 2.71. The summed E-state index contributed by atoms with van der Waals surface area (Å²) in [5, 5.41) is 6.33. The second kappa shape index (κ2) is 8.22. The van der Waals surface area contributed by atoms with Gasteiger partial charge in [0.2, 0.25) is 5.91 Å². The van der Waals surface area contributed by atoms with E-state index in [0.717, 1.165) is 31.5 Å². The van der Waals surface area contributed by atoms with Crippen LogP contribution in [0, 0.1) is 11.7 Å². The van der Waals surface area contributed by atoms with Crippen molar-refractivity contribution in [1.29, 1.82) is 0 Å². The summed E-state index contributed by atoms with van der Waals surface area (Å²) in [7, 11) is 0. The third-order valence-corrected chi connectivity index (χ3v) is 3.52. The van der Waals surface area contributed by atoms with Crippen LogP contribution in [0.2, 0.25) is 0 Å². The van der Waals surface area contributed by atoms with Gasteiger partial charge < -0.3 is 10.6 Å². The number of hydrogen-bond donors (Lipinski definition) is 2. The molecule has 2 rings (SSSR count). The van der Waals surface area contributed by atoms with Gasteiger partial charge in [0.15, 0.2) is 0 Å². The number of hydrogen-bond acceptors (Lipinski definition) is 2. The van der Waals surface area contributed by atoms with Crippen molar-refractivity contribution in [2.75, 3.05) is 13.1 Å². The van der Waals surface area contributed by atoms with Crippen LogP contribution in [-0.4, -0.2) is 25.0 Å². The Labute approximate surface area is 125 Å². The average Bonchev–Trinajstić information content (AvgIpc) is 2.40. The zero-order valence-corrected chi connectivity index (χ0v) is 12.5. The van der Waals surface area contributed by atoms with Gasteiger partial charge >= 0.3 is 0 Å². The summed E-state index contributed by atoms with van der Waals surface area (Å²) < 4.78 is 13.1. The van der Waals surface area contributed by atoms with Gasteiger partial charge in [0.1, 0.15) is 5.82 Å². The van der Waals surface area contributed by atoms with Crippen LogP contribution in [0.3, 0.4) is 0 Å². The van der Waals surface area contributed by atoms with Crippen LogP contribution >= 0.6 is 12.4 Å². The molecule has 1 saturated heterocycles. The lowest BCUT2D eigenvalue weighted by molar-refractivity contribution is -0.125. The van der Waals surface area contributed by atoms with E-state index < -0.39 is 0 Å². The summed E-state index contributed by atoms with van der Waals surface area (Å²) in [4.78, 5) is 12.1. The maximum absolute atomic E-state index is 13.1. The topological polar surface area (TPSA) is 41.1 Å². The van der Waals surface area contributed by atoms with Crippen molar-refractivity contribution in [2.24, 2.45) is 5.92 Å². The fraction of sp³-hybridized carbons (Fsp3) is 0.533. The van der Waals surface area contributed by atoms with Gasteiger partial charge in [-0.05, 0) is 43.5 Å². The van der Waals surface area contributed by atoms with Gasteiger partial charge in [0, 0.05) is 18.5 Å². The molecular formula is C15H22ClFN2O. The third kappa shape index (κ3) is 5.10. The highest BCUT2D eigenvalue weighted by atomic mass is 35.5. The van der Waals surface area contributed by atoms with Crippen molar-refractivity contribution in [3.05, 3.63) is 35.6 Å². The number of carbonyl (C=O) groups excluding carboxylic acids is 1. The fourth-order valence-corrected chi connectivity index (χ4v) is 2.43. The molecule has 1 aliphatic heterocycles. The van der Waals surface area contributed by atoms with E-state index >= 15 is 0 Å². The number of carbonyl (C=O) groups is 1. The lowest BCUT2D eigenvalue weighted by atomic mass is 9.99. The molecule has 1 aliphatic rings. The lowest BCUT2D eigenvalue weighted by Gasteiger charge is -2.25. The van der Waals surface area contributed by atoms with E-state index in [1.165, 1.54) is 12.1 Å². The van der Waals surface area contributed by atoms with E-state index in [-0.39, 0.29) is 36.1 Å². The molecule has 0 aliphatic carbocycles. The molecule has 2 N–H and O–H groups in total. The van der Waals surface area contributed by atoms with Gasteiger partial charge in [0.25, 0.3) is 0 Å². The maximum atomic E-state index is 13.1. The number of piperidine rings is 1. The Hall–Kier alpha value is -1.13. The first-order valence-electron chi connectivity index (χ1n) is 6.90. The molecule has 1 aromatic rings. The van der Waals surface area contributed by atoms with E-state index in [4.69, 9.17) is 0 Å². The first-order chi connectivity index (χ1) is 9.15. The van der Waals surface area contributed by atoms with E-state index in [2.05, 4.69) is 10.6 Å². The number of benzene rings is 1. The molecule has 20 heavy (non-hydrogen) atoms. The molecule has 5 heteroatoms. The molecule has 1 unspecified atom stereocenters. The maximum Gasteiger partial charge on any atom is 0.223 e. The minimum Gasteiger partial charge on any atom is -0.352 e. The molecule has 1 fully saturated rings. The average molecular weight is 301 g/mol. The van der Waals surface area contributed by atoms with Crippen molar-refractivity contribution < 1.29 is 9.18 Å². The van der Waals surface area contributed by atoms with Crippen LogP contribution < -0.4 is 10.6 Å². The smallest absolute Gasteiger partial charge is 0.223 e. The van der Waals surface area contributed by atoms with Gasteiger partial charge in [-0.3, -0.25) is 4.79 Å². The summed E-state index contributed by atoms with van der Waals surface area (Å²) in [5.41, 5.74) is 0.865. The monoisotopic (exact) mass is 300 g/mol. The quantitative estimate of drug-likeness (QED) is 0.896. The van der Waals surface area contributed by atoms with Crippen LogP contribution in [-0.2, 0) is 11.2 Å². The van der Waals surface area contributed by atoms with Crippen molar-refractivity contribution in [1.82, 2.24) is 10.6 Å². The van der Waals surface area contributed by atoms with Crippen molar-refractivity contribution in [3.8, 4) is 0 Å². The molecule has 112 valence electrons. The van der Waals surface area contributed by atoms with Crippen molar-refractivity contribution in [3.63, 3.8) is 0 Å². The zero-order chi connectivity index (χ0) is 13.7. The Kier molecular flexibility index (Phi) is 6.96. The minimum absolute atomic E-state index is 0. The molecular weight excluding hydrogens is 279 g/mol. The number of amides is 1. The Balaban J connectivity index is 0.00000200. The second-order valence-corrected chi connectivity index (χ2v) is 5.29. The van der Waals surface area contributed by atoms with E-state index in [0.29, 0.717) is 6.42 Å². The molecule has 2 atom stereocenters. The highest BCUT2D eigenvalue weighted by Gasteiger charge is 2.19. The van der Waals surface area contributed by atoms with E-state index in [9.17, 15) is 9.18 Å². The lowest BCUT2D eigenvalue weighted by Crippen LogP contribution is -2.47. The molecule has 1 heterocycles. The van der Waals surface area contributed by atoms with Gasteiger partial charge in [-0.25, -0.2) is 4.39 Å². The Morgan fingerprint density at radius 1 is 1.55 bits per heavy atom. The molecule has 1 aromatic carbocycles. The van der Waals surface area contributed by atoms with E-state index in [1.54, 1.807) is 6.07 Å². The summed E-state index contributed by atoms with van der Waals surface area (Å²) >= 11 is 0. The van der Waals surface area contributed by atoms with Crippen LogP contribution in [0.15, 0.2) is 24.3 Å². The van der Waals surface area contributed by atoms with Crippen molar-refractivity contribution >= 4 is 18.3 Å². The Bertz CT molecular complexity index is 436. The summed E-state index contributed by atoms with van der Waals surface area (Å²) in [6, 6.07) is 6.68. The normalized spacial score (nSPS) is 19.8. The predicted molar refractivity (Wildman–Crippen MR) is 80.6 cm³/mol. The third-order valence-electron chi connectivity index (χ3n) is 3.52. The Morgan fingerprint density at radius 3 is 3.00 bits per heavy atom. The first-order valence-corrected chi connectivity index (χ1v) is 6.90. The highest BCUT2D eigenvalue weighted by Crippen LogP contribution is 2.11. The fourth-order valence-electron chi connectivity index (χ4n) is 2.43. The molecule has 1 amide bonds. The SMILES string of the molecule is CC(Cc1cccc(F)c1)C(=O)N[C@H]1CCCNC1.Cl. The molecule has 3 nitrogen and oxygen atoms in total. The predicted octanol–water partition coefficient (Wildman–Crippen LogP) is 2.29. The van der Waals surface area contributed by atoms with Gasteiger partial charge in [-0.2, -0.15) is 0 Å². The number of nitrogens with one attached hydrogen (secondary N) is 2. The van der Waals surface area contributed by atoms with Gasteiger partial charge in [-0.15, -0.1) is 12.4 Å². The van der Waals surface area contributed by atoms with Crippen molar-refractivity contribution in [2.45, 2.75) is 32.2 Å². The molecule has 0 saturated carbocycles. The highest BCUT2D eigenvalue weighted by molar-refractivity contribution is 5.85. The zero-order valence-electron chi connectivity index (χ0n) is 11.7. The molecule has 0 radical (unpaired) electrons. The summed E-state index contributed by atoms with van der Waals surface area (Å²) in [6.45, 7) is 3.76. The van der Waals surface area contributed by atoms with Crippen LogP contribution in [0.25, 0.3) is 0 Å². The molecule has 0 spiro atoms. The second-order valence-electron chi connectivity index (χ2n) is 5.29. The Morgan fingerprint density at radius 2 is 2.35 bits per heavy atom. The number of rotatable bonds is 4. The first kappa shape index (κ1) is 16.9. The van der Waals surface area contributed by atoms with Gasteiger partial charge in [0.05, 0.1) is 0 Å². The van der Waals surface area contributed by atoms with Crippen LogP contribution in [0.5, 0.6) is 0 Å². The van der Waals surface area contributed by atoms with E-state index in [1.807, 2.05) is 13.0 Å². The van der Waals surface area contributed by atoms with Crippen LogP contribution in [0.4, 0.5) is 4.39 Å². The standard InChI is InChI=1S/C15H21FN2O.ClH/c1-11(8-12-4-2-5-13(16)9-12)15(19)18-14-6-3-7-17-10-14;/h2,4-5,9,11,14,17H,3,6-8,10H2,1H3,(H,18,19);1H/t11?,14-;/m0./s1.